The lowest BCUT2D eigenvalue weighted by Crippen LogP contribution is -2.15. The molecule has 0 aliphatic heterocycles. The van der Waals surface area contributed by atoms with E-state index in [0.29, 0.717) is 31.4 Å². The lowest BCUT2D eigenvalue weighted by atomic mass is 10.5. The summed E-state index contributed by atoms with van der Waals surface area (Å²) in [5.41, 5.74) is 0. The smallest absolute Gasteiger partial charge is 0.323 e. The number of sulfone groups is 1. The molecule has 1 heterocycles. The van der Waals surface area contributed by atoms with Crippen LogP contribution in [0.4, 0.5) is 11.9 Å². The molecule has 0 aromatic carbocycles. The maximum absolute atomic E-state index is 11.1. The van der Waals surface area contributed by atoms with E-state index in [4.69, 9.17) is 4.74 Å². The standard InChI is InChI=1S/C12H23N5O3S/c1-5-13-10-15-11(14-7-6-8-21(4,18)19)17-12(16-10)20-9(2)3/h9H,5-8H2,1-4H3,(H2,13,14,15,16,17). The topological polar surface area (TPSA) is 106 Å². The summed E-state index contributed by atoms with van der Waals surface area (Å²) in [4.78, 5) is 12.5. The number of hydrogen-bond donors (Lipinski definition) is 2. The lowest BCUT2D eigenvalue weighted by Gasteiger charge is -2.11. The van der Waals surface area contributed by atoms with Gasteiger partial charge in [0, 0.05) is 19.3 Å². The van der Waals surface area contributed by atoms with Crippen LogP contribution in [0.1, 0.15) is 27.2 Å². The predicted molar refractivity (Wildman–Crippen MR) is 82.6 cm³/mol. The maximum atomic E-state index is 11.1. The SMILES string of the molecule is CCNc1nc(NCCCS(C)(=O)=O)nc(OC(C)C)n1. The molecule has 0 aliphatic carbocycles. The molecular formula is C12H23N5O3S. The summed E-state index contributed by atoms with van der Waals surface area (Å²) < 4.78 is 27.6. The molecule has 1 aromatic rings. The van der Waals surface area contributed by atoms with E-state index in [9.17, 15) is 8.42 Å². The van der Waals surface area contributed by atoms with Gasteiger partial charge in [-0.05, 0) is 27.2 Å². The van der Waals surface area contributed by atoms with Gasteiger partial charge < -0.3 is 15.4 Å². The molecule has 0 saturated carbocycles. The highest BCUT2D eigenvalue weighted by atomic mass is 32.2. The highest BCUT2D eigenvalue weighted by Gasteiger charge is 2.09. The van der Waals surface area contributed by atoms with Crippen LogP contribution in [-0.2, 0) is 9.84 Å². The molecule has 0 unspecified atom stereocenters. The highest BCUT2D eigenvalue weighted by Crippen LogP contribution is 2.12. The molecule has 2 N–H and O–H groups in total. The second-order valence-corrected chi connectivity index (χ2v) is 7.13. The van der Waals surface area contributed by atoms with Crippen LogP contribution in [-0.4, -0.2) is 54.6 Å². The van der Waals surface area contributed by atoms with Crippen LogP contribution in [0.25, 0.3) is 0 Å². The largest absolute Gasteiger partial charge is 0.461 e. The average Bonchev–Trinajstić information content (AvgIpc) is 2.33. The highest BCUT2D eigenvalue weighted by molar-refractivity contribution is 7.90. The Morgan fingerprint density at radius 3 is 2.29 bits per heavy atom. The minimum atomic E-state index is -2.95. The molecule has 120 valence electrons. The van der Waals surface area contributed by atoms with Gasteiger partial charge in [-0.25, -0.2) is 8.42 Å². The van der Waals surface area contributed by atoms with Gasteiger partial charge in [0.25, 0.3) is 0 Å². The first-order chi connectivity index (χ1) is 9.80. The molecule has 0 bridgehead atoms. The van der Waals surface area contributed by atoms with E-state index in [1.165, 1.54) is 6.26 Å². The van der Waals surface area contributed by atoms with Crippen LogP contribution in [0.5, 0.6) is 6.01 Å². The Balaban J connectivity index is 2.68. The molecular weight excluding hydrogens is 294 g/mol. The van der Waals surface area contributed by atoms with Gasteiger partial charge in [0.15, 0.2) is 0 Å². The van der Waals surface area contributed by atoms with Gasteiger partial charge in [-0.1, -0.05) is 0 Å². The van der Waals surface area contributed by atoms with E-state index >= 15 is 0 Å². The Kier molecular flexibility index (Phi) is 6.60. The molecule has 0 saturated heterocycles. The van der Waals surface area contributed by atoms with Gasteiger partial charge in [0.05, 0.1) is 11.9 Å². The van der Waals surface area contributed by atoms with Crippen molar-refractivity contribution in [1.29, 1.82) is 0 Å². The molecule has 0 atom stereocenters. The first-order valence-electron chi connectivity index (χ1n) is 6.88. The van der Waals surface area contributed by atoms with Gasteiger partial charge in [-0.15, -0.1) is 0 Å². The predicted octanol–water partition coefficient (Wildman–Crippen LogP) is 0.937. The molecule has 0 spiro atoms. The number of hydrogen-bond acceptors (Lipinski definition) is 8. The molecule has 0 radical (unpaired) electrons. The van der Waals surface area contributed by atoms with Gasteiger partial charge in [0.1, 0.15) is 9.84 Å². The van der Waals surface area contributed by atoms with Crippen molar-refractivity contribution in [3.63, 3.8) is 0 Å². The Morgan fingerprint density at radius 1 is 1.14 bits per heavy atom. The number of anilines is 2. The zero-order valence-corrected chi connectivity index (χ0v) is 13.7. The second-order valence-electron chi connectivity index (χ2n) is 4.87. The molecule has 0 fully saturated rings. The zero-order valence-electron chi connectivity index (χ0n) is 12.9. The van der Waals surface area contributed by atoms with E-state index in [1.54, 1.807) is 0 Å². The summed E-state index contributed by atoms with van der Waals surface area (Å²) in [5, 5.41) is 5.98. The van der Waals surface area contributed by atoms with Crippen LogP contribution in [0.3, 0.4) is 0 Å². The van der Waals surface area contributed by atoms with Crippen molar-refractivity contribution in [2.24, 2.45) is 0 Å². The summed E-state index contributed by atoms with van der Waals surface area (Å²) in [7, 11) is -2.95. The Morgan fingerprint density at radius 2 is 1.76 bits per heavy atom. The van der Waals surface area contributed by atoms with Crippen LogP contribution >= 0.6 is 0 Å². The Hall–Kier alpha value is -1.64. The van der Waals surface area contributed by atoms with Crippen molar-refractivity contribution in [2.45, 2.75) is 33.3 Å². The van der Waals surface area contributed by atoms with E-state index in [1.807, 2.05) is 20.8 Å². The van der Waals surface area contributed by atoms with Crippen LogP contribution in [0.15, 0.2) is 0 Å². The Bertz CT molecular complexity index is 548. The summed E-state index contributed by atoms with van der Waals surface area (Å²) in [5.74, 6) is 0.916. The monoisotopic (exact) mass is 317 g/mol. The van der Waals surface area contributed by atoms with Crippen molar-refractivity contribution < 1.29 is 13.2 Å². The molecule has 8 nitrogen and oxygen atoms in total. The van der Waals surface area contributed by atoms with Crippen LogP contribution < -0.4 is 15.4 Å². The molecule has 1 aromatic heterocycles. The number of nitrogens with one attached hydrogen (secondary N) is 2. The van der Waals surface area contributed by atoms with Crippen molar-refractivity contribution in [1.82, 2.24) is 15.0 Å². The van der Waals surface area contributed by atoms with E-state index in [2.05, 4.69) is 25.6 Å². The molecule has 0 amide bonds. The third kappa shape index (κ3) is 7.64. The van der Waals surface area contributed by atoms with E-state index in [0.717, 1.165) is 0 Å². The lowest BCUT2D eigenvalue weighted by molar-refractivity contribution is 0.222. The fourth-order valence-electron chi connectivity index (χ4n) is 1.47. The van der Waals surface area contributed by atoms with Gasteiger partial charge in [-0.3, -0.25) is 0 Å². The molecule has 1 rings (SSSR count). The van der Waals surface area contributed by atoms with E-state index in [-0.39, 0.29) is 17.9 Å². The van der Waals surface area contributed by atoms with Crippen molar-refractivity contribution in [3.05, 3.63) is 0 Å². The number of ether oxygens (including phenoxy) is 1. The van der Waals surface area contributed by atoms with Gasteiger partial charge in [-0.2, -0.15) is 15.0 Å². The summed E-state index contributed by atoms with van der Waals surface area (Å²) in [6.07, 6.45) is 1.66. The second kappa shape index (κ2) is 7.96. The zero-order chi connectivity index (χ0) is 15.9. The minimum Gasteiger partial charge on any atom is -0.461 e. The van der Waals surface area contributed by atoms with Crippen molar-refractivity contribution in [2.75, 3.05) is 35.7 Å². The van der Waals surface area contributed by atoms with Crippen molar-refractivity contribution in [3.8, 4) is 6.01 Å². The normalized spacial score (nSPS) is 11.5. The number of rotatable bonds is 9. The van der Waals surface area contributed by atoms with Gasteiger partial charge >= 0.3 is 6.01 Å². The summed E-state index contributed by atoms with van der Waals surface area (Å²) >= 11 is 0. The fraction of sp³-hybridized carbons (Fsp3) is 0.750. The average molecular weight is 317 g/mol. The van der Waals surface area contributed by atoms with E-state index < -0.39 is 9.84 Å². The molecule has 0 aliphatic rings. The summed E-state index contributed by atoms with van der Waals surface area (Å²) in [6, 6.07) is 0.238. The molecule has 21 heavy (non-hydrogen) atoms. The van der Waals surface area contributed by atoms with Crippen LogP contribution in [0, 0.1) is 0 Å². The summed E-state index contributed by atoms with van der Waals surface area (Å²) in [6.45, 7) is 6.85. The number of nitrogens with zero attached hydrogens (tertiary/aromatic N) is 3. The maximum Gasteiger partial charge on any atom is 0.323 e. The van der Waals surface area contributed by atoms with Crippen molar-refractivity contribution >= 4 is 21.7 Å². The quantitative estimate of drug-likeness (QED) is 0.648. The minimum absolute atomic E-state index is 0.0417. The first-order valence-corrected chi connectivity index (χ1v) is 8.94. The fourth-order valence-corrected chi connectivity index (χ4v) is 2.14. The van der Waals surface area contributed by atoms with Gasteiger partial charge in [0.2, 0.25) is 11.9 Å². The third-order valence-electron chi connectivity index (χ3n) is 2.27. The Labute approximate surface area is 125 Å². The molecule has 9 heteroatoms. The first kappa shape index (κ1) is 17.4. The van der Waals surface area contributed by atoms with Crippen LogP contribution in [0.2, 0.25) is 0 Å². The third-order valence-corrected chi connectivity index (χ3v) is 3.30. The number of aromatic nitrogens is 3.